The summed E-state index contributed by atoms with van der Waals surface area (Å²) in [6, 6.07) is 38.7. The van der Waals surface area contributed by atoms with Crippen LogP contribution in [0.1, 0.15) is 48.0 Å². The maximum absolute atomic E-state index is 14.2. The number of benzene rings is 4. The summed E-state index contributed by atoms with van der Waals surface area (Å²) >= 11 is 6.90. The van der Waals surface area contributed by atoms with Gasteiger partial charge in [-0.2, -0.15) is 0 Å². The summed E-state index contributed by atoms with van der Waals surface area (Å²) in [4.78, 5) is 23.5. The van der Waals surface area contributed by atoms with Gasteiger partial charge in [0.1, 0.15) is 0 Å². The van der Waals surface area contributed by atoms with Gasteiger partial charge in [-0.15, -0.1) is 0 Å². The lowest BCUT2D eigenvalue weighted by atomic mass is 9.71. The van der Waals surface area contributed by atoms with Gasteiger partial charge in [-0.05, 0) is 41.8 Å². The van der Waals surface area contributed by atoms with Crippen LogP contribution in [0.15, 0.2) is 115 Å². The number of piperidine rings is 1. The zero-order valence-electron chi connectivity index (χ0n) is 21.4. The van der Waals surface area contributed by atoms with Crippen LogP contribution in [0.25, 0.3) is 0 Å². The Balaban J connectivity index is 1.52. The second kappa shape index (κ2) is 10.4. The van der Waals surface area contributed by atoms with Gasteiger partial charge in [0, 0.05) is 30.6 Å². The standard InChI is InChI=1S/C33H31ClN2O2/c1-24(25-13-5-2-6-14-25)35-22-21-30(37)33(23-35)31(28-19-11-12-20-29(28)34)32(26-15-7-3-8-16-26)36(38-33)27-17-9-4-10-18-27/h2-20,24,31-32H,21-23H2,1H3/t24-,31-,32+,33+/m1/s1. The van der Waals surface area contributed by atoms with E-state index in [0.29, 0.717) is 24.5 Å². The number of likely N-dealkylation sites (tertiary alicyclic amines) is 1. The van der Waals surface area contributed by atoms with Crippen LogP contribution in [-0.2, 0) is 9.63 Å². The van der Waals surface area contributed by atoms with Gasteiger partial charge in [0.05, 0.1) is 17.6 Å². The largest absolute Gasteiger partial charge is 0.296 e. The van der Waals surface area contributed by atoms with E-state index < -0.39 is 5.60 Å². The third kappa shape index (κ3) is 4.33. The molecule has 4 aromatic rings. The fourth-order valence-corrected chi connectivity index (χ4v) is 6.40. The average molecular weight is 523 g/mol. The number of hydrogen-bond donors (Lipinski definition) is 0. The molecule has 2 saturated heterocycles. The van der Waals surface area contributed by atoms with Crippen LogP contribution in [0.3, 0.4) is 0 Å². The Labute approximate surface area is 229 Å². The van der Waals surface area contributed by atoms with Crippen molar-refractivity contribution >= 4 is 23.1 Å². The molecule has 0 amide bonds. The van der Waals surface area contributed by atoms with Gasteiger partial charge >= 0.3 is 0 Å². The maximum Gasteiger partial charge on any atom is 0.176 e. The van der Waals surface area contributed by atoms with Crippen molar-refractivity contribution in [2.24, 2.45) is 0 Å². The Morgan fingerprint density at radius 2 is 1.45 bits per heavy atom. The molecular weight excluding hydrogens is 492 g/mol. The fourth-order valence-electron chi connectivity index (χ4n) is 6.14. The number of hydroxylamine groups is 1. The molecule has 1 spiro atoms. The summed E-state index contributed by atoms with van der Waals surface area (Å²) in [5, 5.41) is 2.61. The summed E-state index contributed by atoms with van der Waals surface area (Å²) < 4.78 is 0. The zero-order chi connectivity index (χ0) is 26.1. The molecule has 2 aliphatic heterocycles. The average Bonchev–Trinajstić information content (AvgIpc) is 3.31. The van der Waals surface area contributed by atoms with Crippen LogP contribution >= 0.6 is 11.6 Å². The second-order valence-electron chi connectivity index (χ2n) is 10.2. The van der Waals surface area contributed by atoms with E-state index in [1.54, 1.807) is 0 Å². The van der Waals surface area contributed by atoms with E-state index in [4.69, 9.17) is 16.4 Å². The Morgan fingerprint density at radius 1 is 0.842 bits per heavy atom. The number of hydrogen-bond acceptors (Lipinski definition) is 4. The summed E-state index contributed by atoms with van der Waals surface area (Å²) in [7, 11) is 0. The molecule has 6 rings (SSSR count). The van der Waals surface area contributed by atoms with E-state index in [1.165, 1.54) is 5.56 Å². The minimum absolute atomic E-state index is 0.123. The number of halogens is 1. The Morgan fingerprint density at radius 3 is 2.13 bits per heavy atom. The first-order valence-electron chi connectivity index (χ1n) is 13.2. The highest BCUT2D eigenvalue weighted by atomic mass is 35.5. The normalized spacial score (nSPS) is 24.6. The second-order valence-corrected chi connectivity index (χ2v) is 10.6. The van der Waals surface area contributed by atoms with Gasteiger partial charge < -0.3 is 0 Å². The molecule has 0 unspecified atom stereocenters. The predicted molar refractivity (Wildman–Crippen MR) is 152 cm³/mol. The highest BCUT2D eigenvalue weighted by Gasteiger charge is 2.62. The molecule has 2 fully saturated rings. The van der Waals surface area contributed by atoms with Crippen molar-refractivity contribution in [1.29, 1.82) is 0 Å². The first-order valence-corrected chi connectivity index (χ1v) is 13.6. The maximum atomic E-state index is 14.2. The minimum atomic E-state index is -1.09. The van der Waals surface area contributed by atoms with Gasteiger partial charge in [0.2, 0.25) is 0 Å². The number of carbonyl (C=O) groups is 1. The van der Waals surface area contributed by atoms with E-state index in [2.05, 4.69) is 54.3 Å². The first-order chi connectivity index (χ1) is 18.6. The van der Waals surface area contributed by atoms with Gasteiger partial charge in [-0.1, -0.05) is 109 Å². The fraction of sp³-hybridized carbons (Fsp3) is 0.242. The molecule has 192 valence electrons. The molecule has 0 aromatic heterocycles. The van der Waals surface area contributed by atoms with Gasteiger partial charge in [0.15, 0.2) is 11.4 Å². The van der Waals surface area contributed by atoms with Crippen molar-refractivity contribution in [3.8, 4) is 0 Å². The zero-order valence-corrected chi connectivity index (χ0v) is 22.2. The predicted octanol–water partition coefficient (Wildman–Crippen LogP) is 7.39. The first kappa shape index (κ1) is 24.9. The molecule has 0 N–H and O–H groups in total. The van der Waals surface area contributed by atoms with E-state index in [0.717, 1.165) is 16.8 Å². The highest BCUT2D eigenvalue weighted by molar-refractivity contribution is 6.31. The molecule has 4 nitrogen and oxygen atoms in total. The number of anilines is 1. The lowest BCUT2D eigenvalue weighted by Gasteiger charge is -2.43. The monoisotopic (exact) mass is 522 g/mol. The number of nitrogens with zero attached hydrogens (tertiary/aromatic N) is 2. The molecule has 4 aromatic carbocycles. The number of rotatable bonds is 5. The van der Waals surface area contributed by atoms with Gasteiger partial charge in [-0.25, -0.2) is 5.06 Å². The number of carbonyl (C=O) groups excluding carboxylic acids is 1. The summed E-state index contributed by atoms with van der Waals surface area (Å²) in [6.07, 6.45) is 0.419. The van der Waals surface area contributed by atoms with Crippen molar-refractivity contribution in [2.75, 3.05) is 18.2 Å². The highest BCUT2D eigenvalue weighted by Crippen LogP contribution is 2.56. The molecule has 0 bridgehead atoms. The number of para-hydroxylation sites is 1. The molecule has 0 aliphatic carbocycles. The van der Waals surface area contributed by atoms with Gasteiger partial charge in [0.25, 0.3) is 0 Å². The van der Waals surface area contributed by atoms with Crippen LogP contribution < -0.4 is 5.06 Å². The third-order valence-corrected chi connectivity index (χ3v) is 8.43. The van der Waals surface area contributed by atoms with E-state index >= 15 is 0 Å². The van der Waals surface area contributed by atoms with Crippen molar-refractivity contribution in [2.45, 2.75) is 36.9 Å². The van der Waals surface area contributed by atoms with E-state index in [9.17, 15) is 4.79 Å². The summed E-state index contributed by atoms with van der Waals surface area (Å²) in [6.45, 7) is 3.38. The van der Waals surface area contributed by atoms with Crippen molar-refractivity contribution < 1.29 is 9.63 Å². The molecule has 2 heterocycles. The lowest BCUT2D eigenvalue weighted by Crippen LogP contribution is -2.58. The molecular formula is C33H31ClN2O2. The molecule has 38 heavy (non-hydrogen) atoms. The number of Topliss-reactive ketones (excluding diaryl/α,β-unsaturated/α-hetero) is 1. The van der Waals surface area contributed by atoms with Crippen molar-refractivity contribution in [3.05, 3.63) is 137 Å². The number of ketones is 1. The molecule has 0 radical (unpaired) electrons. The molecule has 2 aliphatic rings. The topological polar surface area (TPSA) is 32.8 Å². The smallest absolute Gasteiger partial charge is 0.176 e. The van der Waals surface area contributed by atoms with Crippen LogP contribution in [0.2, 0.25) is 5.02 Å². The SMILES string of the molecule is C[C@H](c1ccccc1)N1CCC(=O)[C@]2(C1)ON(c1ccccc1)[C@@H](c1ccccc1)[C@H]2c1ccccc1Cl. The van der Waals surface area contributed by atoms with Crippen LogP contribution in [0.5, 0.6) is 0 Å². The van der Waals surface area contributed by atoms with Crippen LogP contribution in [0, 0.1) is 0 Å². The molecule has 5 heteroatoms. The summed E-state index contributed by atoms with van der Waals surface area (Å²) in [5.74, 6) is -0.185. The van der Waals surface area contributed by atoms with E-state index in [1.807, 2.05) is 77.9 Å². The third-order valence-electron chi connectivity index (χ3n) is 8.09. The van der Waals surface area contributed by atoms with Crippen molar-refractivity contribution in [1.82, 2.24) is 4.90 Å². The van der Waals surface area contributed by atoms with Gasteiger partial charge in [-0.3, -0.25) is 14.5 Å². The Kier molecular flexibility index (Phi) is 6.79. The van der Waals surface area contributed by atoms with Crippen LogP contribution in [-0.4, -0.2) is 29.4 Å². The molecule has 4 atom stereocenters. The molecule has 0 saturated carbocycles. The Hall–Kier alpha value is -3.44. The minimum Gasteiger partial charge on any atom is -0.296 e. The van der Waals surface area contributed by atoms with Crippen LogP contribution in [0.4, 0.5) is 5.69 Å². The Bertz CT molecular complexity index is 1400. The summed E-state index contributed by atoms with van der Waals surface area (Å²) in [5.41, 5.74) is 3.06. The van der Waals surface area contributed by atoms with E-state index in [-0.39, 0.29) is 23.8 Å². The van der Waals surface area contributed by atoms with Crippen molar-refractivity contribution in [3.63, 3.8) is 0 Å². The lowest BCUT2D eigenvalue weighted by molar-refractivity contribution is -0.151. The quantitative estimate of drug-likeness (QED) is 0.273.